The number of nitrogens with zero attached hydrogens (tertiary/aromatic N) is 3. The number of carbonyl (C=O) groups excluding carboxylic acids is 1. The quantitative estimate of drug-likeness (QED) is 0.811. The molecule has 2 atom stereocenters. The molecule has 2 aromatic rings. The first-order valence-electron chi connectivity index (χ1n) is 10.5. The summed E-state index contributed by atoms with van der Waals surface area (Å²) in [7, 11) is 0. The fourth-order valence-corrected chi connectivity index (χ4v) is 5.65. The van der Waals surface area contributed by atoms with Crippen LogP contribution in [0.2, 0.25) is 0 Å². The normalized spacial score (nSPS) is 26.3. The number of aromatic nitrogens is 2. The number of thiophene rings is 1. The van der Waals surface area contributed by atoms with E-state index in [2.05, 4.69) is 32.4 Å². The third-order valence-corrected chi connectivity index (χ3v) is 7.52. The summed E-state index contributed by atoms with van der Waals surface area (Å²) in [6.45, 7) is 4.85. The van der Waals surface area contributed by atoms with E-state index in [1.165, 1.54) is 18.4 Å². The number of hydrogen-bond donors (Lipinski definition) is 2. The van der Waals surface area contributed by atoms with Crippen molar-refractivity contribution in [3.8, 4) is 0 Å². The predicted octanol–water partition coefficient (Wildman–Crippen LogP) is 2.65. The molecule has 1 saturated carbocycles. The highest BCUT2D eigenvalue weighted by molar-refractivity contribution is 7.07. The average Bonchev–Trinajstić information content (AvgIpc) is 3.16. The maximum absolute atomic E-state index is 13.5. The van der Waals surface area contributed by atoms with Crippen LogP contribution >= 0.6 is 11.3 Å². The van der Waals surface area contributed by atoms with Crippen LogP contribution in [0.1, 0.15) is 54.2 Å². The molecule has 2 unspecified atom stereocenters. The van der Waals surface area contributed by atoms with Crippen molar-refractivity contribution in [3.05, 3.63) is 40.3 Å². The first-order chi connectivity index (χ1) is 13.8. The molecule has 7 heteroatoms. The van der Waals surface area contributed by atoms with E-state index in [-0.39, 0.29) is 5.91 Å². The van der Waals surface area contributed by atoms with Crippen molar-refractivity contribution in [3.63, 3.8) is 0 Å². The molecule has 1 amide bonds. The summed E-state index contributed by atoms with van der Waals surface area (Å²) in [6.07, 6.45) is 7.76. The lowest BCUT2D eigenvalue weighted by Crippen LogP contribution is -2.39. The molecule has 2 saturated heterocycles. The van der Waals surface area contributed by atoms with E-state index >= 15 is 0 Å². The van der Waals surface area contributed by atoms with Crippen LogP contribution < -0.4 is 10.6 Å². The molecule has 0 radical (unpaired) electrons. The molecule has 2 aromatic heterocycles. The van der Waals surface area contributed by atoms with E-state index in [1.807, 2.05) is 16.9 Å². The van der Waals surface area contributed by atoms with E-state index < -0.39 is 0 Å². The number of carbonyl (C=O) groups is 1. The number of rotatable bonds is 5. The Morgan fingerprint density at radius 2 is 2.18 bits per heavy atom. The van der Waals surface area contributed by atoms with Gasteiger partial charge in [-0.1, -0.05) is 0 Å². The van der Waals surface area contributed by atoms with Gasteiger partial charge in [0, 0.05) is 25.3 Å². The standard InChI is InChI=1S/C21H29N5OS/c27-20(18-3-10-26(24-18)17-2-1-7-23-13-17)25(14-16-4-11-28-15-16)19-12-21(19)5-8-22-9-6-21/h3-4,10-11,15,17,19,22-23H,1-2,5-9,12-14H2. The van der Waals surface area contributed by atoms with Crippen molar-refractivity contribution >= 4 is 17.2 Å². The SMILES string of the molecule is O=C(c1ccn(C2CCCNC2)n1)N(Cc1ccsc1)C1CC12CCNCC2. The third kappa shape index (κ3) is 3.51. The van der Waals surface area contributed by atoms with Crippen LogP contribution in [0, 0.1) is 5.41 Å². The molecular weight excluding hydrogens is 370 g/mol. The summed E-state index contributed by atoms with van der Waals surface area (Å²) in [5.74, 6) is 0.0918. The van der Waals surface area contributed by atoms with E-state index in [1.54, 1.807) is 11.3 Å². The highest BCUT2D eigenvalue weighted by Gasteiger charge is 2.58. The summed E-state index contributed by atoms with van der Waals surface area (Å²) >= 11 is 1.70. The lowest BCUT2D eigenvalue weighted by atomic mass is 9.93. The van der Waals surface area contributed by atoms with Crippen LogP contribution in [-0.4, -0.2) is 52.8 Å². The van der Waals surface area contributed by atoms with Gasteiger partial charge < -0.3 is 15.5 Å². The number of piperidine rings is 2. The molecule has 0 aromatic carbocycles. The summed E-state index contributed by atoms with van der Waals surface area (Å²) in [6, 6.07) is 4.75. The van der Waals surface area contributed by atoms with Gasteiger partial charge in [-0.3, -0.25) is 9.48 Å². The second-order valence-electron chi connectivity index (χ2n) is 8.58. The van der Waals surface area contributed by atoms with Gasteiger partial charge in [-0.15, -0.1) is 0 Å². The molecule has 0 bridgehead atoms. The van der Waals surface area contributed by atoms with Crippen LogP contribution in [0.25, 0.3) is 0 Å². The van der Waals surface area contributed by atoms with Gasteiger partial charge in [0.2, 0.25) is 0 Å². The van der Waals surface area contributed by atoms with Gasteiger partial charge in [-0.05, 0) is 85.6 Å². The molecule has 4 heterocycles. The Balaban J connectivity index is 1.36. The summed E-state index contributed by atoms with van der Waals surface area (Å²) in [5.41, 5.74) is 2.15. The minimum absolute atomic E-state index is 0.0918. The highest BCUT2D eigenvalue weighted by Crippen LogP contribution is 2.56. The fourth-order valence-electron chi connectivity index (χ4n) is 4.99. The number of nitrogens with one attached hydrogen (secondary N) is 2. The van der Waals surface area contributed by atoms with E-state index in [0.29, 0.717) is 29.7 Å². The number of hydrogen-bond acceptors (Lipinski definition) is 5. The van der Waals surface area contributed by atoms with Gasteiger partial charge in [-0.2, -0.15) is 16.4 Å². The Labute approximate surface area is 170 Å². The molecule has 1 aliphatic carbocycles. The maximum atomic E-state index is 13.5. The first-order valence-corrected chi connectivity index (χ1v) is 11.5. The molecule has 3 aliphatic rings. The lowest BCUT2D eigenvalue weighted by molar-refractivity contribution is 0.0685. The van der Waals surface area contributed by atoms with Gasteiger partial charge >= 0.3 is 0 Å². The van der Waals surface area contributed by atoms with Crippen LogP contribution in [-0.2, 0) is 6.54 Å². The van der Waals surface area contributed by atoms with Gasteiger partial charge in [0.25, 0.3) is 5.91 Å². The zero-order valence-electron chi connectivity index (χ0n) is 16.3. The minimum Gasteiger partial charge on any atom is -0.329 e. The predicted molar refractivity (Wildman–Crippen MR) is 111 cm³/mol. The van der Waals surface area contributed by atoms with Crippen molar-refractivity contribution < 1.29 is 4.79 Å². The van der Waals surface area contributed by atoms with Gasteiger partial charge in [-0.25, -0.2) is 0 Å². The van der Waals surface area contributed by atoms with Crippen LogP contribution in [0.3, 0.4) is 0 Å². The van der Waals surface area contributed by atoms with Crippen molar-refractivity contribution in [2.75, 3.05) is 26.2 Å². The molecule has 150 valence electrons. The molecule has 2 aliphatic heterocycles. The van der Waals surface area contributed by atoms with Crippen molar-refractivity contribution in [2.45, 2.75) is 50.7 Å². The van der Waals surface area contributed by atoms with Gasteiger partial charge in [0.15, 0.2) is 0 Å². The van der Waals surface area contributed by atoms with E-state index in [4.69, 9.17) is 5.10 Å². The van der Waals surface area contributed by atoms with Gasteiger partial charge in [0.1, 0.15) is 5.69 Å². The third-order valence-electron chi connectivity index (χ3n) is 6.79. The molecule has 5 rings (SSSR count). The lowest BCUT2D eigenvalue weighted by Gasteiger charge is -2.29. The zero-order chi connectivity index (χ0) is 19.0. The van der Waals surface area contributed by atoms with Crippen LogP contribution in [0.4, 0.5) is 0 Å². The smallest absolute Gasteiger partial charge is 0.274 e. The average molecular weight is 400 g/mol. The Bertz CT molecular complexity index is 805. The molecule has 28 heavy (non-hydrogen) atoms. The van der Waals surface area contributed by atoms with Crippen LogP contribution in [0.5, 0.6) is 0 Å². The fraction of sp³-hybridized carbons (Fsp3) is 0.619. The van der Waals surface area contributed by atoms with Crippen molar-refractivity contribution in [1.82, 2.24) is 25.3 Å². The topological polar surface area (TPSA) is 62.2 Å². The Kier molecular flexibility index (Phi) is 4.99. The van der Waals surface area contributed by atoms with E-state index in [9.17, 15) is 4.79 Å². The van der Waals surface area contributed by atoms with E-state index in [0.717, 1.165) is 45.4 Å². The monoisotopic (exact) mass is 399 g/mol. The Morgan fingerprint density at radius 3 is 2.93 bits per heavy atom. The summed E-state index contributed by atoms with van der Waals surface area (Å²) in [4.78, 5) is 15.6. The summed E-state index contributed by atoms with van der Waals surface area (Å²) in [5, 5.41) is 15.8. The van der Waals surface area contributed by atoms with Gasteiger partial charge in [0.05, 0.1) is 6.04 Å². The molecular formula is C21H29N5OS. The largest absolute Gasteiger partial charge is 0.329 e. The Hall–Kier alpha value is -1.70. The maximum Gasteiger partial charge on any atom is 0.274 e. The molecule has 3 fully saturated rings. The highest BCUT2D eigenvalue weighted by atomic mass is 32.1. The molecule has 1 spiro atoms. The summed E-state index contributed by atoms with van der Waals surface area (Å²) < 4.78 is 2.00. The molecule has 6 nitrogen and oxygen atoms in total. The second kappa shape index (κ2) is 7.61. The zero-order valence-corrected chi connectivity index (χ0v) is 17.1. The number of amides is 1. The first kappa shape index (κ1) is 18.3. The van der Waals surface area contributed by atoms with Crippen molar-refractivity contribution in [2.24, 2.45) is 5.41 Å². The molecule has 2 N–H and O–H groups in total. The van der Waals surface area contributed by atoms with Crippen LogP contribution in [0.15, 0.2) is 29.1 Å². The van der Waals surface area contributed by atoms with Crippen molar-refractivity contribution in [1.29, 1.82) is 0 Å². The Morgan fingerprint density at radius 1 is 1.29 bits per heavy atom. The minimum atomic E-state index is 0.0918. The second-order valence-corrected chi connectivity index (χ2v) is 9.36.